The summed E-state index contributed by atoms with van der Waals surface area (Å²) >= 11 is 0. The van der Waals surface area contributed by atoms with Gasteiger partial charge in [0, 0.05) is 0 Å². The van der Waals surface area contributed by atoms with Crippen LogP contribution in [0.25, 0.3) is 0 Å². The molecule has 0 saturated heterocycles. The van der Waals surface area contributed by atoms with E-state index in [1.54, 1.807) is 5.57 Å². The molecule has 0 spiro atoms. The van der Waals surface area contributed by atoms with Crippen molar-refractivity contribution in [1.82, 2.24) is 0 Å². The number of rotatable bonds is 2. The molecule has 12 heavy (non-hydrogen) atoms. The second kappa shape index (κ2) is 6.90. The first-order chi connectivity index (χ1) is 5.84. The molecule has 0 N–H and O–H groups in total. The fourth-order valence-electron chi connectivity index (χ4n) is 1.33. The first kappa shape index (κ1) is 11.2. The maximum atomic E-state index is 3.64. The van der Waals surface area contributed by atoms with Crippen molar-refractivity contribution in [3.05, 3.63) is 36.0 Å². The Morgan fingerprint density at radius 3 is 2.33 bits per heavy atom. The number of hydrogen-bond acceptors (Lipinski definition) is 0. The lowest BCUT2D eigenvalue weighted by molar-refractivity contribution is 0.899. The molecule has 0 bridgehead atoms. The van der Waals surface area contributed by atoms with Crippen LogP contribution >= 0.6 is 0 Å². The summed E-state index contributed by atoms with van der Waals surface area (Å²) in [5.41, 5.74) is 3.07. The second-order valence-corrected chi connectivity index (χ2v) is 2.75. The van der Waals surface area contributed by atoms with E-state index in [1.165, 1.54) is 24.8 Å². The van der Waals surface area contributed by atoms with Crippen LogP contribution in [-0.4, -0.2) is 0 Å². The summed E-state index contributed by atoms with van der Waals surface area (Å²) in [4.78, 5) is 0. The molecular formula is C12H20. The first-order valence-electron chi connectivity index (χ1n) is 4.82. The Balaban J connectivity index is 0.000000561. The van der Waals surface area contributed by atoms with Crippen LogP contribution < -0.4 is 0 Å². The van der Waals surface area contributed by atoms with Crippen molar-refractivity contribution in [2.45, 2.75) is 40.0 Å². The van der Waals surface area contributed by atoms with E-state index < -0.39 is 0 Å². The van der Waals surface area contributed by atoms with Gasteiger partial charge in [-0.15, -0.1) is 0 Å². The van der Waals surface area contributed by atoms with E-state index in [4.69, 9.17) is 0 Å². The SMILES string of the molecule is C=C/C=C\C1=C(C)CCC1.CC. The molecule has 0 aromatic heterocycles. The van der Waals surface area contributed by atoms with E-state index in [2.05, 4.69) is 19.6 Å². The van der Waals surface area contributed by atoms with Gasteiger partial charge >= 0.3 is 0 Å². The normalized spacial score (nSPS) is 16.2. The molecule has 1 aliphatic carbocycles. The van der Waals surface area contributed by atoms with Gasteiger partial charge in [-0.1, -0.05) is 44.2 Å². The van der Waals surface area contributed by atoms with E-state index in [0.717, 1.165) is 0 Å². The standard InChI is InChI=1S/C10H14.C2H6/c1-3-4-7-10-8-5-6-9(10)2;1-2/h3-4,7H,1,5-6,8H2,2H3;1-2H3/b7-4-;. The van der Waals surface area contributed by atoms with Gasteiger partial charge in [0.25, 0.3) is 0 Å². The zero-order valence-corrected chi connectivity index (χ0v) is 8.56. The molecule has 0 radical (unpaired) electrons. The van der Waals surface area contributed by atoms with Crippen LogP contribution in [0.4, 0.5) is 0 Å². The van der Waals surface area contributed by atoms with Gasteiger partial charge in [-0.25, -0.2) is 0 Å². The zero-order chi connectivity index (χ0) is 9.40. The fraction of sp³-hybridized carbons (Fsp3) is 0.500. The van der Waals surface area contributed by atoms with Crippen molar-refractivity contribution < 1.29 is 0 Å². The third-order valence-corrected chi connectivity index (χ3v) is 1.98. The fourth-order valence-corrected chi connectivity index (χ4v) is 1.33. The van der Waals surface area contributed by atoms with E-state index >= 15 is 0 Å². The average molecular weight is 164 g/mol. The van der Waals surface area contributed by atoms with E-state index in [-0.39, 0.29) is 0 Å². The van der Waals surface area contributed by atoms with Crippen molar-refractivity contribution >= 4 is 0 Å². The van der Waals surface area contributed by atoms with Crippen LogP contribution in [0.5, 0.6) is 0 Å². The van der Waals surface area contributed by atoms with Crippen LogP contribution in [-0.2, 0) is 0 Å². The third kappa shape index (κ3) is 3.56. The third-order valence-electron chi connectivity index (χ3n) is 1.98. The van der Waals surface area contributed by atoms with Crippen LogP contribution in [0, 0.1) is 0 Å². The van der Waals surface area contributed by atoms with E-state index in [0.29, 0.717) is 0 Å². The van der Waals surface area contributed by atoms with E-state index in [1.807, 2.05) is 26.0 Å². The van der Waals surface area contributed by atoms with Gasteiger partial charge in [-0.3, -0.25) is 0 Å². The van der Waals surface area contributed by atoms with Crippen molar-refractivity contribution in [2.24, 2.45) is 0 Å². The second-order valence-electron chi connectivity index (χ2n) is 2.75. The molecular weight excluding hydrogens is 144 g/mol. The van der Waals surface area contributed by atoms with Gasteiger partial charge in [0.15, 0.2) is 0 Å². The Hall–Kier alpha value is -0.780. The maximum Gasteiger partial charge on any atom is -0.0276 e. The predicted molar refractivity (Wildman–Crippen MR) is 57.2 cm³/mol. The van der Waals surface area contributed by atoms with Crippen molar-refractivity contribution in [3.63, 3.8) is 0 Å². The van der Waals surface area contributed by atoms with Crippen LogP contribution in [0.1, 0.15) is 40.0 Å². The molecule has 0 nitrogen and oxygen atoms in total. The van der Waals surface area contributed by atoms with Gasteiger partial charge in [0.1, 0.15) is 0 Å². The van der Waals surface area contributed by atoms with Gasteiger partial charge in [0.05, 0.1) is 0 Å². The molecule has 1 rings (SSSR count). The minimum absolute atomic E-state index is 1.26. The molecule has 0 atom stereocenters. The molecule has 0 aliphatic heterocycles. The van der Waals surface area contributed by atoms with Crippen LogP contribution in [0.2, 0.25) is 0 Å². The number of allylic oxidation sites excluding steroid dienone is 5. The van der Waals surface area contributed by atoms with Gasteiger partial charge in [-0.05, 0) is 31.8 Å². The van der Waals surface area contributed by atoms with Gasteiger partial charge in [0.2, 0.25) is 0 Å². The molecule has 0 unspecified atom stereocenters. The Kier molecular flexibility index (Phi) is 6.45. The smallest absolute Gasteiger partial charge is 0.0276 e. The molecule has 0 amide bonds. The van der Waals surface area contributed by atoms with Crippen molar-refractivity contribution in [3.8, 4) is 0 Å². The highest BCUT2D eigenvalue weighted by Gasteiger charge is 2.06. The topological polar surface area (TPSA) is 0 Å². The largest absolute Gasteiger partial charge is 0.0991 e. The first-order valence-corrected chi connectivity index (χ1v) is 4.82. The Morgan fingerprint density at radius 1 is 1.25 bits per heavy atom. The minimum atomic E-state index is 1.26. The summed E-state index contributed by atoms with van der Waals surface area (Å²) in [6.45, 7) is 9.86. The minimum Gasteiger partial charge on any atom is -0.0991 e. The lowest BCUT2D eigenvalue weighted by Gasteiger charge is -1.91. The highest BCUT2D eigenvalue weighted by atomic mass is 14.1. The number of hydrogen-bond donors (Lipinski definition) is 0. The van der Waals surface area contributed by atoms with Gasteiger partial charge in [-0.2, -0.15) is 0 Å². The summed E-state index contributed by atoms with van der Waals surface area (Å²) in [6.07, 6.45) is 9.91. The zero-order valence-electron chi connectivity index (χ0n) is 8.56. The quantitative estimate of drug-likeness (QED) is 0.535. The summed E-state index contributed by atoms with van der Waals surface area (Å²) in [5, 5.41) is 0. The van der Waals surface area contributed by atoms with Gasteiger partial charge < -0.3 is 0 Å². The summed E-state index contributed by atoms with van der Waals surface area (Å²) in [6, 6.07) is 0. The Morgan fingerprint density at radius 2 is 1.92 bits per heavy atom. The molecule has 0 heterocycles. The highest BCUT2D eigenvalue weighted by molar-refractivity contribution is 5.29. The molecule has 68 valence electrons. The Bertz CT molecular complexity index is 182. The molecule has 0 aromatic carbocycles. The molecule has 0 saturated carbocycles. The molecule has 1 aliphatic rings. The van der Waals surface area contributed by atoms with Crippen LogP contribution in [0.3, 0.4) is 0 Å². The molecule has 0 aromatic rings. The lowest BCUT2D eigenvalue weighted by atomic mass is 10.1. The van der Waals surface area contributed by atoms with Crippen molar-refractivity contribution in [1.29, 1.82) is 0 Å². The average Bonchev–Trinajstić information content (AvgIpc) is 2.51. The van der Waals surface area contributed by atoms with E-state index in [9.17, 15) is 0 Å². The Labute approximate surface area is 76.7 Å². The summed E-state index contributed by atoms with van der Waals surface area (Å²) < 4.78 is 0. The molecule has 0 fully saturated rings. The highest BCUT2D eigenvalue weighted by Crippen LogP contribution is 2.25. The summed E-state index contributed by atoms with van der Waals surface area (Å²) in [5.74, 6) is 0. The maximum absolute atomic E-state index is 3.64. The molecule has 0 heteroatoms. The monoisotopic (exact) mass is 164 g/mol. The van der Waals surface area contributed by atoms with Crippen LogP contribution in [0.15, 0.2) is 36.0 Å². The summed E-state index contributed by atoms with van der Waals surface area (Å²) in [7, 11) is 0. The predicted octanol–water partition coefficient (Wildman–Crippen LogP) is 4.26. The lowest BCUT2D eigenvalue weighted by Crippen LogP contribution is -1.71. The van der Waals surface area contributed by atoms with Crippen molar-refractivity contribution in [2.75, 3.05) is 0 Å².